The second-order valence-electron chi connectivity index (χ2n) is 3.44. The minimum absolute atomic E-state index is 0.00132. The molecule has 2 nitrogen and oxygen atoms in total. The van der Waals surface area contributed by atoms with Gasteiger partial charge in [-0.2, -0.15) is 0 Å². The fraction of sp³-hybridized carbons (Fsp3) is 0.417. The Morgan fingerprint density at radius 2 is 2.07 bits per heavy atom. The standard InChI is InChI=1S/C12H16BrNO/c1-2-3-6-9-14-12(15)10-7-4-5-8-11(10)13/h4-5,7-8H,2-3,6,9H2,1H3,(H,14,15). The van der Waals surface area contributed by atoms with Crippen LogP contribution in [0, 0.1) is 0 Å². The first-order chi connectivity index (χ1) is 7.25. The molecule has 1 N–H and O–H groups in total. The fourth-order valence-electron chi connectivity index (χ4n) is 1.32. The van der Waals surface area contributed by atoms with E-state index in [0.717, 1.165) is 23.9 Å². The Morgan fingerprint density at radius 1 is 1.33 bits per heavy atom. The van der Waals surface area contributed by atoms with Crippen molar-refractivity contribution in [2.75, 3.05) is 6.54 Å². The third-order valence-electron chi connectivity index (χ3n) is 2.18. The lowest BCUT2D eigenvalue weighted by Crippen LogP contribution is -2.24. The molecular weight excluding hydrogens is 254 g/mol. The Labute approximate surface area is 99.2 Å². The van der Waals surface area contributed by atoms with Crippen LogP contribution in [0.25, 0.3) is 0 Å². The molecule has 1 aromatic carbocycles. The quantitative estimate of drug-likeness (QED) is 0.816. The Hall–Kier alpha value is -0.830. The van der Waals surface area contributed by atoms with Crippen molar-refractivity contribution in [3.63, 3.8) is 0 Å². The number of amides is 1. The maximum absolute atomic E-state index is 11.7. The average molecular weight is 270 g/mol. The molecule has 0 aliphatic carbocycles. The molecule has 0 aliphatic rings. The van der Waals surface area contributed by atoms with Crippen LogP contribution < -0.4 is 5.32 Å². The Morgan fingerprint density at radius 3 is 2.73 bits per heavy atom. The SMILES string of the molecule is CCCCCNC(=O)c1ccccc1Br. The topological polar surface area (TPSA) is 29.1 Å². The molecule has 0 bridgehead atoms. The summed E-state index contributed by atoms with van der Waals surface area (Å²) in [6, 6.07) is 7.46. The van der Waals surface area contributed by atoms with Crippen molar-refractivity contribution in [2.45, 2.75) is 26.2 Å². The number of benzene rings is 1. The first-order valence-corrected chi connectivity index (χ1v) is 6.07. The molecule has 1 rings (SSSR count). The number of unbranched alkanes of at least 4 members (excludes halogenated alkanes) is 2. The molecule has 0 unspecified atom stereocenters. The van der Waals surface area contributed by atoms with Crippen LogP contribution in [-0.4, -0.2) is 12.5 Å². The summed E-state index contributed by atoms with van der Waals surface area (Å²) in [6.45, 7) is 2.91. The molecule has 82 valence electrons. The minimum Gasteiger partial charge on any atom is -0.352 e. The van der Waals surface area contributed by atoms with Crippen molar-refractivity contribution in [2.24, 2.45) is 0 Å². The molecule has 1 aromatic rings. The van der Waals surface area contributed by atoms with Crippen LogP contribution in [-0.2, 0) is 0 Å². The van der Waals surface area contributed by atoms with Gasteiger partial charge in [-0.15, -0.1) is 0 Å². The van der Waals surface area contributed by atoms with Gasteiger partial charge in [0.25, 0.3) is 5.91 Å². The molecule has 0 heterocycles. The summed E-state index contributed by atoms with van der Waals surface area (Å²) in [5.41, 5.74) is 0.703. The van der Waals surface area contributed by atoms with Gasteiger partial charge in [0.15, 0.2) is 0 Å². The zero-order valence-corrected chi connectivity index (χ0v) is 10.5. The van der Waals surface area contributed by atoms with E-state index in [0.29, 0.717) is 5.56 Å². The van der Waals surface area contributed by atoms with Gasteiger partial charge in [0, 0.05) is 11.0 Å². The summed E-state index contributed by atoms with van der Waals surface area (Å²) in [5.74, 6) is -0.00132. The summed E-state index contributed by atoms with van der Waals surface area (Å²) in [7, 11) is 0. The largest absolute Gasteiger partial charge is 0.352 e. The van der Waals surface area contributed by atoms with Gasteiger partial charge in [-0.3, -0.25) is 4.79 Å². The molecule has 0 saturated heterocycles. The summed E-state index contributed by atoms with van der Waals surface area (Å²) in [5, 5.41) is 2.91. The van der Waals surface area contributed by atoms with Crippen molar-refractivity contribution in [3.05, 3.63) is 34.3 Å². The second kappa shape index (κ2) is 6.62. The average Bonchev–Trinajstić information content (AvgIpc) is 2.25. The van der Waals surface area contributed by atoms with Gasteiger partial charge >= 0.3 is 0 Å². The molecule has 0 saturated carbocycles. The third-order valence-corrected chi connectivity index (χ3v) is 2.88. The van der Waals surface area contributed by atoms with E-state index in [-0.39, 0.29) is 5.91 Å². The molecule has 0 atom stereocenters. The van der Waals surface area contributed by atoms with Gasteiger partial charge in [0.2, 0.25) is 0 Å². The Kier molecular flexibility index (Phi) is 5.40. The first kappa shape index (κ1) is 12.2. The van der Waals surface area contributed by atoms with E-state index >= 15 is 0 Å². The van der Waals surface area contributed by atoms with Crippen LogP contribution in [0.3, 0.4) is 0 Å². The van der Waals surface area contributed by atoms with E-state index in [1.54, 1.807) is 0 Å². The van der Waals surface area contributed by atoms with Crippen LogP contribution in [0.15, 0.2) is 28.7 Å². The number of nitrogens with one attached hydrogen (secondary N) is 1. The van der Waals surface area contributed by atoms with Crippen LogP contribution in [0.5, 0.6) is 0 Å². The molecule has 3 heteroatoms. The third kappa shape index (κ3) is 4.04. The number of carbonyl (C=O) groups excluding carboxylic acids is 1. The zero-order valence-electron chi connectivity index (χ0n) is 8.92. The molecule has 15 heavy (non-hydrogen) atoms. The zero-order chi connectivity index (χ0) is 11.1. The van der Waals surface area contributed by atoms with E-state index in [1.807, 2.05) is 24.3 Å². The van der Waals surface area contributed by atoms with Gasteiger partial charge in [-0.25, -0.2) is 0 Å². The Bertz CT molecular complexity index is 325. The van der Waals surface area contributed by atoms with Gasteiger partial charge < -0.3 is 5.32 Å². The van der Waals surface area contributed by atoms with E-state index in [9.17, 15) is 4.79 Å². The van der Waals surface area contributed by atoms with Crippen LogP contribution in [0.4, 0.5) is 0 Å². The lowest BCUT2D eigenvalue weighted by Gasteiger charge is -2.05. The fourth-order valence-corrected chi connectivity index (χ4v) is 1.78. The molecule has 0 spiro atoms. The Balaban J connectivity index is 2.44. The highest BCUT2D eigenvalue weighted by molar-refractivity contribution is 9.10. The highest BCUT2D eigenvalue weighted by Gasteiger charge is 2.07. The number of hydrogen-bond donors (Lipinski definition) is 1. The number of halogens is 1. The lowest BCUT2D eigenvalue weighted by molar-refractivity contribution is 0.0952. The van der Waals surface area contributed by atoms with Gasteiger partial charge in [0.1, 0.15) is 0 Å². The van der Waals surface area contributed by atoms with Crippen LogP contribution in [0.2, 0.25) is 0 Å². The monoisotopic (exact) mass is 269 g/mol. The number of rotatable bonds is 5. The molecule has 0 aliphatic heterocycles. The van der Waals surface area contributed by atoms with Gasteiger partial charge in [-0.1, -0.05) is 31.9 Å². The molecular formula is C12H16BrNO. The number of hydrogen-bond acceptors (Lipinski definition) is 1. The van der Waals surface area contributed by atoms with Crippen molar-refractivity contribution in [1.82, 2.24) is 5.32 Å². The normalized spacial score (nSPS) is 10.0. The first-order valence-electron chi connectivity index (χ1n) is 5.28. The maximum atomic E-state index is 11.7. The minimum atomic E-state index is -0.00132. The predicted molar refractivity (Wildman–Crippen MR) is 66.0 cm³/mol. The smallest absolute Gasteiger partial charge is 0.252 e. The molecule has 0 aromatic heterocycles. The highest BCUT2D eigenvalue weighted by Crippen LogP contribution is 2.15. The summed E-state index contributed by atoms with van der Waals surface area (Å²) >= 11 is 3.36. The van der Waals surface area contributed by atoms with Gasteiger partial charge in [-0.05, 0) is 34.5 Å². The molecule has 1 amide bonds. The van der Waals surface area contributed by atoms with E-state index < -0.39 is 0 Å². The van der Waals surface area contributed by atoms with Crippen LogP contribution in [0.1, 0.15) is 36.5 Å². The maximum Gasteiger partial charge on any atom is 0.252 e. The molecule has 0 fully saturated rings. The second-order valence-corrected chi connectivity index (χ2v) is 4.30. The van der Waals surface area contributed by atoms with Gasteiger partial charge in [0.05, 0.1) is 5.56 Å². The highest BCUT2D eigenvalue weighted by atomic mass is 79.9. The number of carbonyl (C=O) groups is 1. The lowest BCUT2D eigenvalue weighted by atomic mass is 10.2. The van der Waals surface area contributed by atoms with Crippen molar-refractivity contribution < 1.29 is 4.79 Å². The van der Waals surface area contributed by atoms with Crippen LogP contribution >= 0.6 is 15.9 Å². The summed E-state index contributed by atoms with van der Waals surface area (Å²) in [4.78, 5) is 11.7. The van der Waals surface area contributed by atoms with Crippen molar-refractivity contribution >= 4 is 21.8 Å². The summed E-state index contributed by atoms with van der Waals surface area (Å²) < 4.78 is 0.845. The van der Waals surface area contributed by atoms with Crippen molar-refractivity contribution in [1.29, 1.82) is 0 Å². The summed E-state index contributed by atoms with van der Waals surface area (Å²) in [6.07, 6.45) is 3.38. The van der Waals surface area contributed by atoms with E-state index in [1.165, 1.54) is 6.42 Å². The molecule has 0 radical (unpaired) electrons. The predicted octanol–water partition coefficient (Wildman–Crippen LogP) is 3.37. The van der Waals surface area contributed by atoms with Crippen molar-refractivity contribution in [3.8, 4) is 0 Å². The van der Waals surface area contributed by atoms with E-state index in [2.05, 4.69) is 28.2 Å². The van der Waals surface area contributed by atoms with E-state index in [4.69, 9.17) is 0 Å².